The summed E-state index contributed by atoms with van der Waals surface area (Å²) in [5, 5.41) is 0. The van der Waals surface area contributed by atoms with Crippen molar-refractivity contribution in [2.45, 2.75) is 18.9 Å². The van der Waals surface area contributed by atoms with Gasteiger partial charge in [0.2, 0.25) is 5.95 Å². The standard InChI is InChI=1S/C14H17N9/c15-11-10-13(22-14(16)20-11)21-12(19-10)8-2-4-23(5-8)6-9-1-3-17-7-18-9/h1,3,7-8H,2,4-6H2,(H5,15,16,19,20,21,22). The van der Waals surface area contributed by atoms with Crippen molar-refractivity contribution in [1.82, 2.24) is 34.8 Å². The van der Waals surface area contributed by atoms with Gasteiger partial charge in [-0.15, -0.1) is 0 Å². The largest absolute Gasteiger partial charge is 0.382 e. The van der Waals surface area contributed by atoms with Crippen LogP contribution in [-0.4, -0.2) is 47.9 Å². The second kappa shape index (κ2) is 5.43. The van der Waals surface area contributed by atoms with Crippen molar-refractivity contribution in [2.24, 2.45) is 0 Å². The highest BCUT2D eigenvalue weighted by Gasteiger charge is 2.27. The highest BCUT2D eigenvalue weighted by molar-refractivity contribution is 5.82. The van der Waals surface area contributed by atoms with Crippen LogP contribution in [0, 0.1) is 0 Å². The molecule has 1 saturated heterocycles. The van der Waals surface area contributed by atoms with Crippen LogP contribution in [0.25, 0.3) is 11.2 Å². The Labute approximate surface area is 132 Å². The van der Waals surface area contributed by atoms with Gasteiger partial charge in [0.15, 0.2) is 11.5 Å². The molecule has 1 fully saturated rings. The lowest BCUT2D eigenvalue weighted by molar-refractivity contribution is 0.321. The van der Waals surface area contributed by atoms with Gasteiger partial charge in [0.1, 0.15) is 17.7 Å². The summed E-state index contributed by atoms with van der Waals surface area (Å²) in [6.07, 6.45) is 4.36. The summed E-state index contributed by atoms with van der Waals surface area (Å²) in [4.78, 5) is 26.4. The highest BCUT2D eigenvalue weighted by Crippen LogP contribution is 2.28. The van der Waals surface area contributed by atoms with Crippen LogP contribution in [0.15, 0.2) is 18.6 Å². The van der Waals surface area contributed by atoms with Crippen molar-refractivity contribution in [2.75, 3.05) is 24.6 Å². The number of nitrogen functional groups attached to an aromatic ring is 2. The van der Waals surface area contributed by atoms with E-state index in [4.69, 9.17) is 11.5 Å². The number of anilines is 2. The average Bonchev–Trinajstić information content (AvgIpc) is 3.15. The van der Waals surface area contributed by atoms with Gasteiger partial charge in [0, 0.05) is 25.2 Å². The van der Waals surface area contributed by atoms with Gasteiger partial charge in [-0.25, -0.2) is 15.0 Å². The Kier molecular flexibility index (Phi) is 3.27. The van der Waals surface area contributed by atoms with E-state index in [1.54, 1.807) is 12.5 Å². The first-order valence-electron chi connectivity index (χ1n) is 7.45. The SMILES string of the molecule is Nc1nc(N)c2[nH]c(C3CCN(Cc4ccncn4)C3)nc2n1. The fraction of sp³-hybridized carbons (Fsp3) is 0.357. The van der Waals surface area contributed by atoms with E-state index < -0.39 is 0 Å². The van der Waals surface area contributed by atoms with E-state index in [1.165, 1.54) is 0 Å². The molecular formula is C14H17N9. The quantitative estimate of drug-likeness (QED) is 0.628. The predicted octanol–water partition coefficient (Wildman–Crippen LogP) is 0.297. The Hall–Kier alpha value is -2.81. The molecule has 23 heavy (non-hydrogen) atoms. The van der Waals surface area contributed by atoms with Crippen LogP contribution in [0.5, 0.6) is 0 Å². The van der Waals surface area contributed by atoms with Gasteiger partial charge in [-0.1, -0.05) is 0 Å². The van der Waals surface area contributed by atoms with Gasteiger partial charge in [-0.05, 0) is 19.0 Å². The van der Waals surface area contributed by atoms with E-state index in [2.05, 4.69) is 34.8 Å². The minimum atomic E-state index is 0.143. The maximum absolute atomic E-state index is 5.87. The first-order chi connectivity index (χ1) is 11.2. The number of nitrogens with two attached hydrogens (primary N) is 2. The highest BCUT2D eigenvalue weighted by atomic mass is 15.2. The minimum absolute atomic E-state index is 0.143. The van der Waals surface area contributed by atoms with E-state index >= 15 is 0 Å². The van der Waals surface area contributed by atoms with Crippen LogP contribution in [-0.2, 0) is 6.54 Å². The molecule has 3 aromatic heterocycles. The lowest BCUT2D eigenvalue weighted by Crippen LogP contribution is -2.20. The molecule has 3 aromatic rings. The third-order valence-electron chi connectivity index (χ3n) is 4.10. The molecule has 0 amide bonds. The zero-order chi connectivity index (χ0) is 15.8. The lowest BCUT2D eigenvalue weighted by Gasteiger charge is -2.14. The molecule has 0 spiro atoms. The van der Waals surface area contributed by atoms with Crippen molar-refractivity contribution >= 4 is 22.9 Å². The topological polar surface area (TPSA) is 136 Å². The van der Waals surface area contributed by atoms with Crippen molar-refractivity contribution in [3.05, 3.63) is 30.1 Å². The molecule has 9 heteroatoms. The Morgan fingerprint density at radius 1 is 1.26 bits per heavy atom. The minimum Gasteiger partial charge on any atom is -0.382 e. The zero-order valence-corrected chi connectivity index (χ0v) is 12.5. The third kappa shape index (κ3) is 2.66. The first-order valence-corrected chi connectivity index (χ1v) is 7.45. The number of H-pyrrole nitrogens is 1. The van der Waals surface area contributed by atoms with Gasteiger partial charge in [-0.3, -0.25) is 4.90 Å². The van der Waals surface area contributed by atoms with Gasteiger partial charge in [-0.2, -0.15) is 9.97 Å². The Balaban J connectivity index is 1.52. The first kappa shape index (κ1) is 13.8. The second-order valence-electron chi connectivity index (χ2n) is 5.71. The molecule has 5 N–H and O–H groups in total. The molecule has 9 nitrogen and oxygen atoms in total. The maximum atomic E-state index is 5.87. The number of aromatic amines is 1. The second-order valence-corrected chi connectivity index (χ2v) is 5.71. The zero-order valence-electron chi connectivity index (χ0n) is 12.5. The summed E-state index contributed by atoms with van der Waals surface area (Å²) in [7, 11) is 0. The number of nitrogens with zero attached hydrogens (tertiary/aromatic N) is 6. The molecule has 0 radical (unpaired) electrons. The molecular weight excluding hydrogens is 294 g/mol. The normalized spacial score (nSPS) is 18.7. The molecule has 0 saturated carbocycles. The molecule has 4 heterocycles. The van der Waals surface area contributed by atoms with Crippen LogP contribution < -0.4 is 11.5 Å². The Morgan fingerprint density at radius 3 is 3.00 bits per heavy atom. The van der Waals surface area contributed by atoms with Crippen molar-refractivity contribution in [1.29, 1.82) is 0 Å². The number of hydrogen-bond donors (Lipinski definition) is 3. The van der Waals surface area contributed by atoms with Gasteiger partial charge in [0.05, 0.1) is 5.69 Å². The van der Waals surface area contributed by atoms with Crippen molar-refractivity contribution in [3.8, 4) is 0 Å². The van der Waals surface area contributed by atoms with Crippen molar-refractivity contribution < 1.29 is 0 Å². The monoisotopic (exact) mass is 311 g/mol. The maximum Gasteiger partial charge on any atom is 0.224 e. The molecule has 0 aromatic carbocycles. The molecule has 1 aliphatic rings. The number of aromatic nitrogens is 6. The molecule has 1 aliphatic heterocycles. The number of hydrogen-bond acceptors (Lipinski definition) is 8. The van der Waals surface area contributed by atoms with E-state index in [0.29, 0.717) is 22.9 Å². The third-order valence-corrected chi connectivity index (χ3v) is 4.10. The molecule has 0 bridgehead atoms. The van der Waals surface area contributed by atoms with Crippen LogP contribution in [0.1, 0.15) is 23.9 Å². The lowest BCUT2D eigenvalue weighted by atomic mass is 10.1. The van der Waals surface area contributed by atoms with E-state index in [1.807, 2.05) is 6.07 Å². The number of nitrogens with one attached hydrogen (secondary N) is 1. The molecule has 118 valence electrons. The Bertz CT molecular complexity index is 829. The van der Waals surface area contributed by atoms with E-state index in [0.717, 1.165) is 37.6 Å². The summed E-state index contributed by atoms with van der Waals surface area (Å²) >= 11 is 0. The smallest absolute Gasteiger partial charge is 0.224 e. The van der Waals surface area contributed by atoms with Crippen LogP contribution in [0.2, 0.25) is 0 Å². The molecule has 1 atom stereocenters. The van der Waals surface area contributed by atoms with E-state index in [9.17, 15) is 0 Å². The van der Waals surface area contributed by atoms with E-state index in [-0.39, 0.29) is 5.95 Å². The Morgan fingerprint density at radius 2 is 2.17 bits per heavy atom. The summed E-state index contributed by atoms with van der Waals surface area (Å²) in [5.41, 5.74) is 13.7. The molecule has 1 unspecified atom stereocenters. The summed E-state index contributed by atoms with van der Waals surface area (Å²) in [6, 6.07) is 1.94. The van der Waals surface area contributed by atoms with Gasteiger partial charge < -0.3 is 16.5 Å². The summed E-state index contributed by atoms with van der Waals surface area (Å²) in [5.74, 6) is 1.68. The summed E-state index contributed by atoms with van der Waals surface area (Å²) < 4.78 is 0. The predicted molar refractivity (Wildman–Crippen MR) is 85.2 cm³/mol. The number of rotatable bonds is 3. The van der Waals surface area contributed by atoms with Crippen molar-refractivity contribution in [3.63, 3.8) is 0 Å². The fourth-order valence-corrected chi connectivity index (χ4v) is 2.99. The van der Waals surface area contributed by atoms with Crippen LogP contribution in [0.3, 0.4) is 0 Å². The molecule has 0 aliphatic carbocycles. The fourth-order valence-electron chi connectivity index (χ4n) is 2.99. The van der Waals surface area contributed by atoms with Crippen LogP contribution in [0.4, 0.5) is 11.8 Å². The number of likely N-dealkylation sites (tertiary alicyclic amines) is 1. The number of imidazole rings is 1. The molecule has 4 rings (SSSR count). The van der Waals surface area contributed by atoms with Gasteiger partial charge >= 0.3 is 0 Å². The van der Waals surface area contributed by atoms with Gasteiger partial charge in [0.25, 0.3) is 0 Å². The average molecular weight is 311 g/mol. The summed E-state index contributed by atoms with van der Waals surface area (Å²) in [6.45, 7) is 2.72. The van der Waals surface area contributed by atoms with Crippen LogP contribution >= 0.6 is 0 Å². The number of fused-ring (bicyclic) bond motifs is 1.